The molecule has 1 unspecified atom stereocenters. The van der Waals surface area contributed by atoms with Gasteiger partial charge in [0.1, 0.15) is 16.8 Å². The molecule has 0 saturated carbocycles. The average Bonchev–Trinajstić information content (AvgIpc) is 2.65. The molecule has 9 heteroatoms. The molecule has 0 radical (unpaired) electrons. The Kier molecular flexibility index (Phi) is 8.43. The lowest BCUT2D eigenvalue weighted by Crippen LogP contribution is -2.44. The number of anilines is 1. The van der Waals surface area contributed by atoms with Crippen molar-refractivity contribution in [2.75, 3.05) is 24.4 Å². The summed E-state index contributed by atoms with van der Waals surface area (Å²) >= 11 is 1.48. The summed E-state index contributed by atoms with van der Waals surface area (Å²) in [4.78, 5) is 12.2. The number of benzene rings is 2. The van der Waals surface area contributed by atoms with Crippen molar-refractivity contribution >= 4 is 33.4 Å². The van der Waals surface area contributed by atoms with Crippen molar-refractivity contribution in [3.8, 4) is 0 Å². The number of ether oxygens (including phenoxy) is 1. The van der Waals surface area contributed by atoms with E-state index in [1.54, 1.807) is 25.3 Å². The number of carbonyl (C=O) groups excluding carboxylic acids is 1. The van der Waals surface area contributed by atoms with Gasteiger partial charge >= 0.3 is 0 Å². The maximum atomic E-state index is 13.9. The normalized spacial score (nSPS) is 12.5. The minimum absolute atomic E-state index is 0.262. The van der Waals surface area contributed by atoms with Crippen LogP contribution in [0, 0.1) is 5.82 Å². The molecular weight excluding hydrogens is 403 g/mol. The zero-order valence-corrected chi connectivity index (χ0v) is 17.3. The van der Waals surface area contributed by atoms with Crippen LogP contribution in [-0.4, -0.2) is 39.5 Å². The van der Waals surface area contributed by atoms with Crippen LogP contribution in [0.1, 0.15) is 12.0 Å². The summed E-state index contributed by atoms with van der Waals surface area (Å²) < 4.78 is 46.5. The number of hydrogen-bond donors (Lipinski definition) is 2. The standard InChI is InChI=1S/C19H23FN2O4S2/c1-26-13-14-6-5-7-15(12-14)21-19(23)17(10-11-27-2)22-28(24,25)18-9-4-3-8-16(18)20/h3-9,12,17,22H,10-11,13H2,1-2H3,(H,21,23). The molecular formula is C19H23FN2O4S2. The molecule has 2 aromatic carbocycles. The third-order valence-electron chi connectivity index (χ3n) is 3.86. The van der Waals surface area contributed by atoms with Crippen molar-refractivity contribution in [3.63, 3.8) is 0 Å². The zero-order valence-electron chi connectivity index (χ0n) is 15.6. The lowest BCUT2D eigenvalue weighted by atomic mass is 10.2. The third kappa shape index (κ3) is 6.30. The summed E-state index contributed by atoms with van der Waals surface area (Å²) in [5, 5.41) is 2.71. The van der Waals surface area contributed by atoms with E-state index in [0.29, 0.717) is 18.0 Å². The van der Waals surface area contributed by atoms with Crippen LogP contribution in [0.4, 0.5) is 10.1 Å². The first kappa shape index (κ1) is 22.4. The van der Waals surface area contributed by atoms with Crippen molar-refractivity contribution in [1.29, 1.82) is 0 Å². The van der Waals surface area contributed by atoms with Crippen LogP contribution in [0.5, 0.6) is 0 Å². The molecule has 0 aliphatic carbocycles. The van der Waals surface area contributed by atoms with Crippen molar-refractivity contribution < 1.29 is 22.3 Å². The predicted octanol–water partition coefficient (Wildman–Crippen LogP) is 3.01. The first-order valence-electron chi connectivity index (χ1n) is 8.52. The van der Waals surface area contributed by atoms with Crippen LogP contribution >= 0.6 is 11.8 Å². The number of hydrogen-bond acceptors (Lipinski definition) is 5. The Morgan fingerprint density at radius 3 is 2.64 bits per heavy atom. The van der Waals surface area contributed by atoms with E-state index >= 15 is 0 Å². The Morgan fingerprint density at radius 2 is 1.96 bits per heavy atom. The second kappa shape index (κ2) is 10.6. The van der Waals surface area contributed by atoms with E-state index < -0.39 is 32.7 Å². The molecule has 2 rings (SSSR count). The van der Waals surface area contributed by atoms with E-state index in [9.17, 15) is 17.6 Å². The van der Waals surface area contributed by atoms with Gasteiger partial charge in [0.2, 0.25) is 15.9 Å². The largest absolute Gasteiger partial charge is 0.380 e. The molecule has 28 heavy (non-hydrogen) atoms. The number of halogens is 1. The molecule has 0 saturated heterocycles. The number of methoxy groups -OCH3 is 1. The fraction of sp³-hybridized carbons (Fsp3) is 0.316. The van der Waals surface area contributed by atoms with Gasteiger partial charge in [0.15, 0.2) is 0 Å². The molecule has 0 spiro atoms. The molecule has 0 aliphatic heterocycles. The number of thioether (sulfide) groups is 1. The molecule has 0 bridgehead atoms. The van der Waals surface area contributed by atoms with Crippen LogP contribution in [0.2, 0.25) is 0 Å². The lowest BCUT2D eigenvalue weighted by Gasteiger charge is -2.19. The molecule has 0 aromatic heterocycles. The van der Waals surface area contributed by atoms with Gasteiger partial charge in [-0.15, -0.1) is 0 Å². The highest BCUT2D eigenvalue weighted by Crippen LogP contribution is 2.16. The second-order valence-corrected chi connectivity index (χ2v) is 8.68. The van der Waals surface area contributed by atoms with Gasteiger partial charge in [0, 0.05) is 12.8 Å². The molecule has 0 fully saturated rings. The van der Waals surface area contributed by atoms with Gasteiger partial charge in [0.25, 0.3) is 0 Å². The molecule has 2 N–H and O–H groups in total. The molecule has 0 aliphatic rings. The highest BCUT2D eigenvalue weighted by Gasteiger charge is 2.27. The average molecular weight is 427 g/mol. The minimum atomic E-state index is -4.19. The fourth-order valence-corrected chi connectivity index (χ4v) is 4.31. The Bertz CT molecular complexity index is 906. The minimum Gasteiger partial charge on any atom is -0.380 e. The quantitative estimate of drug-likeness (QED) is 0.610. The molecule has 2 aromatic rings. The summed E-state index contributed by atoms with van der Waals surface area (Å²) in [5.41, 5.74) is 1.40. The first-order chi connectivity index (χ1) is 13.4. The summed E-state index contributed by atoms with van der Waals surface area (Å²) in [5.74, 6) is -0.823. The number of nitrogens with one attached hydrogen (secondary N) is 2. The van der Waals surface area contributed by atoms with Crippen LogP contribution in [0.25, 0.3) is 0 Å². The van der Waals surface area contributed by atoms with E-state index in [-0.39, 0.29) is 6.42 Å². The maximum absolute atomic E-state index is 13.9. The summed E-state index contributed by atoms with van der Waals surface area (Å²) in [6.07, 6.45) is 2.12. The van der Waals surface area contributed by atoms with Crippen LogP contribution in [-0.2, 0) is 26.2 Å². The van der Waals surface area contributed by atoms with Gasteiger partial charge in [-0.1, -0.05) is 24.3 Å². The number of carbonyl (C=O) groups is 1. The number of sulfonamides is 1. The Balaban J connectivity index is 2.19. The molecule has 152 valence electrons. The van der Waals surface area contributed by atoms with E-state index in [1.807, 2.05) is 12.3 Å². The Hall–Kier alpha value is -1.94. The first-order valence-corrected chi connectivity index (χ1v) is 11.4. The van der Waals surface area contributed by atoms with Gasteiger partial charge in [-0.3, -0.25) is 4.79 Å². The highest BCUT2D eigenvalue weighted by atomic mass is 32.2. The Labute approximate surface area is 168 Å². The number of amides is 1. The maximum Gasteiger partial charge on any atom is 0.244 e. The van der Waals surface area contributed by atoms with Crippen LogP contribution in [0.15, 0.2) is 53.4 Å². The number of rotatable bonds is 10. The SMILES string of the molecule is COCc1cccc(NC(=O)C(CCSC)NS(=O)(=O)c2ccccc2F)c1. The molecule has 6 nitrogen and oxygen atoms in total. The highest BCUT2D eigenvalue weighted by molar-refractivity contribution is 7.98. The summed E-state index contributed by atoms with van der Waals surface area (Å²) in [6, 6.07) is 11.1. The third-order valence-corrected chi connectivity index (χ3v) is 6.01. The Morgan fingerprint density at radius 1 is 1.21 bits per heavy atom. The molecule has 1 amide bonds. The fourth-order valence-electron chi connectivity index (χ4n) is 2.53. The van der Waals surface area contributed by atoms with Crippen molar-refractivity contribution in [3.05, 3.63) is 59.9 Å². The summed E-state index contributed by atoms with van der Waals surface area (Å²) in [6.45, 7) is 0.388. The van der Waals surface area contributed by atoms with E-state index in [0.717, 1.165) is 17.7 Å². The van der Waals surface area contributed by atoms with Crippen molar-refractivity contribution in [1.82, 2.24) is 4.72 Å². The van der Waals surface area contributed by atoms with Gasteiger partial charge in [0.05, 0.1) is 6.61 Å². The second-order valence-electron chi connectivity index (χ2n) is 6.01. The van der Waals surface area contributed by atoms with E-state index in [2.05, 4.69) is 10.0 Å². The van der Waals surface area contributed by atoms with Crippen LogP contribution < -0.4 is 10.0 Å². The molecule has 0 heterocycles. The monoisotopic (exact) mass is 426 g/mol. The van der Waals surface area contributed by atoms with E-state index in [1.165, 1.54) is 23.9 Å². The lowest BCUT2D eigenvalue weighted by molar-refractivity contribution is -0.117. The zero-order chi connectivity index (χ0) is 20.6. The van der Waals surface area contributed by atoms with Gasteiger partial charge in [-0.25, -0.2) is 12.8 Å². The predicted molar refractivity (Wildman–Crippen MR) is 109 cm³/mol. The smallest absolute Gasteiger partial charge is 0.244 e. The van der Waals surface area contributed by atoms with Gasteiger partial charge < -0.3 is 10.1 Å². The van der Waals surface area contributed by atoms with Gasteiger partial charge in [-0.05, 0) is 48.3 Å². The van der Waals surface area contributed by atoms with Gasteiger partial charge in [-0.2, -0.15) is 16.5 Å². The van der Waals surface area contributed by atoms with Crippen molar-refractivity contribution in [2.45, 2.75) is 24.0 Å². The molecule has 1 atom stereocenters. The summed E-state index contributed by atoms with van der Waals surface area (Å²) in [7, 11) is -2.62. The van der Waals surface area contributed by atoms with E-state index in [4.69, 9.17) is 4.74 Å². The van der Waals surface area contributed by atoms with Crippen LogP contribution in [0.3, 0.4) is 0 Å². The topological polar surface area (TPSA) is 84.5 Å². The van der Waals surface area contributed by atoms with Crippen molar-refractivity contribution in [2.24, 2.45) is 0 Å².